The predicted octanol–water partition coefficient (Wildman–Crippen LogP) is 3.77. The molecule has 24 heavy (non-hydrogen) atoms. The number of aromatic nitrogens is 1. The lowest BCUT2D eigenvalue weighted by Crippen LogP contribution is -2.36. The summed E-state index contributed by atoms with van der Waals surface area (Å²) >= 11 is 5.90. The molecule has 6 heteroatoms. The molecule has 0 saturated carbocycles. The zero-order valence-electron chi connectivity index (χ0n) is 12.8. The minimum atomic E-state index is -0.503. The second-order valence-corrected chi connectivity index (χ2v) is 6.67. The number of hydrogen-bond acceptors (Lipinski definition) is 3. The summed E-state index contributed by atoms with van der Waals surface area (Å²) in [6.45, 7) is 0. The highest BCUT2D eigenvalue weighted by Crippen LogP contribution is 2.49. The predicted molar refractivity (Wildman–Crippen MR) is 88.4 cm³/mol. The number of nitrogens with zero attached hydrogens (tertiary/aromatic N) is 1. The van der Waals surface area contributed by atoms with Crippen LogP contribution in [-0.2, 0) is 9.53 Å². The molecule has 1 amide bonds. The van der Waals surface area contributed by atoms with Crippen molar-refractivity contribution >= 4 is 23.2 Å². The third-order valence-corrected chi connectivity index (χ3v) is 5.09. The van der Waals surface area contributed by atoms with E-state index in [1.165, 1.54) is 18.2 Å². The fourth-order valence-corrected chi connectivity index (χ4v) is 4.00. The highest BCUT2D eigenvalue weighted by molar-refractivity contribution is 6.30. The standard InChI is InChI=1S/C18H16ClFN2O2/c19-11-1-2-12(20)13(9-11)22-18(23)17-15-4-3-14(24-15)16(17)10-5-7-21-8-6-10/h1-2,5-9,14-17H,3-4H2,(H,22,23). The van der Waals surface area contributed by atoms with Crippen LogP contribution in [0.5, 0.6) is 0 Å². The maximum Gasteiger partial charge on any atom is 0.230 e. The van der Waals surface area contributed by atoms with Gasteiger partial charge in [-0.3, -0.25) is 9.78 Å². The van der Waals surface area contributed by atoms with Crippen molar-refractivity contribution in [2.24, 2.45) is 5.92 Å². The lowest BCUT2D eigenvalue weighted by atomic mass is 9.75. The summed E-state index contributed by atoms with van der Waals surface area (Å²) in [7, 11) is 0. The van der Waals surface area contributed by atoms with Crippen LogP contribution in [0.2, 0.25) is 5.02 Å². The quantitative estimate of drug-likeness (QED) is 0.920. The van der Waals surface area contributed by atoms with Crippen molar-refractivity contribution in [1.82, 2.24) is 4.98 Å². The van der Waals surface area contributed by atoms with E-state index in [2.05, 4.69) is 10.3 Å². The molecule has 2 aliphatic rings. The van der Waals surface area contributed by atoms with Crippen LogP contribution < -0.4 is 5.32 Å². The van der Waals surface area contributed by atoms with E-state index in [0.29, 0.717) is 5.02 Å². The Kier molecular flexibility index (Phi) is 3.98. The van der Waals surface area contributed by atoms with E-state index < -0.39 is 5.82 Å². The first-order chi connectivity index (χ1) is 11.6. The van der Waals surface area contributed by atoms with E-state index >= 15 is 0 Å². The van der Waals surface area contributed by atoms with E-state index in [0.717, 1.165) is 18.4 Å². The molecule has 2 fully saturated rings. The highest BCUT2D eigenvalue weighted by atomic mass is 35.5. The highest BCUT2D eigenvalue weighted by Gasteiger charge is 2.52. The molecular weight excluding hydrogens is 331 g/mol. The summed E-state index contributed by atoms with van der Waals surface area (Å²) in [5, 5.41) is 3.06. The van der Waals surface area contributed by atoms with Crippen molar-refractivity contribution < 1.29 is 13.9 Å². The molecular formula is C18H16ClFN2O2. The lowest BCUT2D eigenvalue weighted by Gasteiger charge is -2.27. The summed E-state index contributed by atoms with van der Waals surface area (Å²) in [6, 6.07) is 7.94. The molecule has 2 saturated heterocycles. The van der Waals surface area contributed by atoms with E-state index in [-0.39, 0.29) is 35.6 Å². The van der Waals surface area contributed by atoms with Crippen molar-refractivity contribution in [3.8, 4) is 0 Å². The summed E-state index contributed by atoms with van der Waals surface area (Å²) in [4.78, 5) is 16.9. The number of hydrogen-bond donors (Lipinski definition) is 1. The van der Waals surface area contributed by atoms with Crippen molar-refractivity contribution in [2.75, 3.05) is 5.32 Å². The number of benzene rings is 1. The minimum Gasteiger partial charge on any atom is -0.373 e. The summed E-state index contributed by atoms with van der Waals surface area (Å²) in [5.41, 5.74) is 1.13. The fraction of sp³-hybridized carbons (Fsp3) is 0.333. The number of ether oxygens (including phenoxy) is 1. The molecule has 4 nitrogen and oxygen atoms in total. The van der Waals surface area contributed by atoms with E-state index in [4.69, 9.17) is 16.3 Å². The molecule has 2 aromatic rings. The third-order valence-electron chi connectivity index (χ3n) is 4.85. The molecule has 3 heterocycles. The van der Waals surface area contributed by atoms with Gasteiger partial charge in [-0.2, -0.15) is 0 Å². The second kappa shape index (κ2) is 6.15. The van der Waals surface area contributed by atoms with Crippen LogP contribution in [-0.4, -0.2) is 23.1 Å². The van der Waals surface area contributed by atoms with Crippen LogP contribution in [0, 0.1) is 11.7 Å². The Hall–Kier alpha value is -1.98. The summed E-state index contributed by atoms with van der Waals surface area (Å²) in [6.07, 6.45) is 5.11. The largest absolute Gasteiger partial charge is 0.373 e. The molecule has 1 aromatic heterocycles. The van der Waals surface area contributed by atoms with Gasteiger partial charge in [-0.25, -0.2) is 4.39 Å². The van der Waals surface area contributed by atoms with Crippen molar-refractivity contribution in [3.05, 3.63) is 59.1 Å². The number of pyridine rings is 1. The maximum atomic E-state index is 13.9. The summed E-state index contributed by atoms with van der Waals surface area (Å²) < 4.78 is 19.9. The second-order valence-electron chi connectivity index (χ2n) is 6.24. The first-order valence-corrected chi connectivity index (χ1v) is 8.32. The molecule has 1 aromatic carbocycles. The smallest absolute Gasteiger partial charge is 0.230 e. The van der Waals surface area contributed by atoms with E-state index in [9.17, 15) is 9.18 Å². The number of nitrogens with one attached hydrogen (secondary N) is 1. The SMILES string of the molecule is O=C(Nc1cc(Cl)ccc1F)C1C2CCC(O2)C1c1ccncc1. The Balaban J connectivity index is 1.61. The normalized spacial score (nSPS) is 28.1. The average molecular weight is 347 g/mol. The number of halogens is 2. The number of carbonyl (C=O) groups excluding carboxylic acids is 1. The average Bonchev–Trinajstić information content (AvgIpc) is 3.20. The Labute approximate surface area is 144 Å². The van der Waals surface area contributed by atoms with Crippen LogP contribution in [0.15, 0.2) is 42.7 Å². The van der Waals surface area contributed by atoms with Gasteiger partial charge >= 0.3 is 0 Å². The third kappa shape index (κ3) is 2.68. The minimum absolute atomic E-state index is 0.0253. The van der Waals surface area contributed by atoms with Gasteiger partial charge in [0.05, 0.1) is 23.8 Å². The number of fused-ring (bicyclic) bond motifs is 2. The molecule has 4 atom stereocenters. The maximum absolute atomic E-state index is 13.9. The molecule has 2 bridgehead atoms. The number of anilines is 1. The van der Waals surface area contributed by atoms with Crippen LogP contribution in [0.1, 0.15) is 24.3 Å². The van der Waals surface area contributed by atoms with Crippen LogP contribution in [0.3, 0.4) is 0 Å². The van der Waals surface area contributed by atoms with Gasteiger partial charge in [-0.15, -0.1) is 0 Å². The molecule has 4 unspecified atom stereocenters. The van der Waals surface area contributed by atoms with Gasteiger partial charge in [-0.1, -0.05) is 11.6 Å². The van der Waals surface area contributed by atoms with Gasteiger partial charge in [0.1, 0.15) is 5.82 Å². The van der Waals surface area contributed by atoms with Crippen molar-refractivity contribution in [1.29, 1.82) is 0 Å². The Bertz CT molecular complexity index is 771. The first kappa shape index (κ1) is 15.5. The Morgan fingerprint density at radius 1 is 1.21 bits per heavy atom. The molecule has 0 radical (unpaired) electrons. The fourth-order valence-electron chi connectivity index (χ4n) is 3.83. The topological polar surface area (TPSA) is 51.2 Å². The Morgan fingerprint density at radius 3 is 2.75 bits per heavy atom. The van der Waals surface area contributed by atoms with Crippen molar-refractivity contribution in [2.45, 2.75) is 31.0 Å². The van der Waals surface area contributed by atoms with Crippen LogP contribution >= 0.6 is 11.6 Å². The van der Waals surface area contributed by atoms with Gasteiger partial charge in [0.25, 0.3) is 0 Å². The van der Waals surface area contributed by atoms with Crippen LogP contribution in [0.25, 0.3) is 0 Å². The van der Waals surface area contributed by atoms with Crippen LogP contribution in [0.4, 0.5) is 10.1 Å². The number of carbonyl (C=O) groups is 1. The van der Waals surface area contributed by atoms with Gasteiger partial charge < -0.3 is 10.1 Å². The molecule has 1 N–H and O–H groups in total. The van der Waals surface area contributed by atoms with Gasteiger partial charge in [0.2, 0.25) is 5.91 Å². The van der Waals surface area contributed by atoms with Gasteiger partial charge in [0.15, 0.2) is 0 Å². The molecule has 0 aliphatic carbocycles. The zero-order chi connectivity index (χ0) is 16.7. The molecule has 124 valence electrons. The van der Waals surface area contributed by atoms with E-state index in [1.54, 1.807) is 12.4 Å². The number of amides is 1. The monoisotopic (exact) mass is 346 g/mol. The Morgan fingerprint density at radius 2 is 1.96 bits per heavy atom. The van der Waals surface area contributed by atoms with Gasteiger partial charge in [0, 0.05) is 23.3 Å². The van der Waals surface area contributed by atoms with Crippen molar-refractivity contribution in [3.63, 3.8) is 0 Å². The zero-order valence-corrected chi connectivity index (χ0v) is 13.5. The first-order valence-electron chi connectivity index (χ1n) is 7.95. The molecule has 4 rings (SSSR count). The summed E-state index contributed by atoms with van der Waals surface area (Å²) in [5.74, 6) is -1.11. The number of rotatable bonds is 3. The molecule has 0 spiro atoms. The lowest BCUT2D eigenvalue weighted by molar-refractivity contribution is -0.121. The van der Waals surface area contributed by atoms with E-state index in [1.807, 2.05) is 12.1 Å². The molecule has 2 aliphatic heterocycles. The van der Waals surface area contributed by atoms with Gasteiger partial charge in [-0.05, 0) is 48.7 Å².